The Morgan fingerprint density at radius 1 is 1.24 bits per heavy atom. The van der Waals surface area contributed by atoms with Crippen LogP contribution in [0.25, 0.3) is 0 Å². The van der Waals surface area contributed by atoms with Crippen molar-refractivity contribution in [3.8, 4) is 11.5 Å². The van der Waals surface area contributed by atoms with Crippen molar-refractivity contribution in [3.63, 3.8) is 0 Å². The number of fused-ring (bicyclic) bond motifs is 1. The number of hydrogen-bond acceptors (Lipinski definition) is 3. The van der Waals surface area contributed by atoms with Crippen LogP contribution in [0.3, 0.4) is 0 Å². The van der Waals surface area contributed by atoms with E-state index in [1.165, 1.54) is 13.8 Å². The van der Waals surface area contributed by atoms with E-state index in [-0.39, 0.29) is 6.04 Å². The van der Waals surface area contributed by atoms with Crippen molar-refractivity contribution in [2.75, 3.05) is 13.2 Å². The SMILES string of the molecule is CC(N)c1cc2c(cc1C(C)(C)F)OCCO2. The van der Waals surface area contributed by atoms with Gasteiger partial charge >= 0.3 is 0 Å². The van der Waals surface area contributed by atoms with E-state index in [1.807, 2.05) is 6.92 Å². The second-order valence-corrected chi connectivity index (χ2v) is 4.84. The highest BCUT2D eigenvalue weighted by atomic mass is 19.1. The Labute approximate surface area is 101 Å². The topological polar surface area (TPSA) is 44.5 Å². The summed E-state index contributed by atoms with van der Waals surface area (Å²) in [5, 5.41) is 0. The maximum atomic E-state index is 14.2. The van der Waals surface area contributed by atoms with Crippen LogP contribution in [-0.4, -0.2) is 13.2 Å². The predicted octanol–water partition coefficient (Wildman–Crippen LogP) is 2.68. The van der Waals surface area contributed by atoms with Gasteiger partial charge in [0.25, 0.3) is 0 Å². The number of alkyl halides is 1. The molecule has 1 aliphatic heterocycles. The van der Waals surface area contributed by atoms with Crippen molar-refractivity contribution in [2.24, 2.45) is 5.73 Å². The molecule has 0 saturated carbocycles. The summed E-state index contributed by atoms with van der Waals surface area (Å²) in [4.78, 5) is 0. The Bertz CT molecular complexity index is 424. The molecule has 4 heteroatoms. The van der Waals surface area contributed by atoms with Gasteiger partial charge in [-0.2, -0.15) is 0 Å². The van der Waals surface area contributed by atoms with Gasteiger partial charge in [0.2, 0.25) is 0 Å². The van der Waals surface area contributed by atoms with Crippen molar-refractivity contribution in [3.05, 3.63) is 23.3 Å². The zero-order chi connectivity index (χ0) is 12.6. The van der Waals surface area contributed by atoms with Crippen LogP contribution < -0.4 is 15.2 Å². The second kappa shape index (κ2) is 4.18. The average Bonchev–Trinajstić information content (AvgIpc) is 2.26. The molecule has 0 bridgehead atoms. The first kappa shape index (κ1) is 12.2. The van der Waals surface area contributed by atoms with Gasteiger partial charge in [0.1, 0.15) is 18.9 Å². The molecule has 94 valence electrons. The highest BCUT2D eigenvalue weighted by Gasteiger charge is 2.27. The van der Waals surface area contributed by atoms with Crippen molar-refractivity contribution >= 4 is 0 Å². The molecule has 1 aromatic rings. The van der Waals surface area contributed by atoms with Gasteiger partial charge in [0.05, 0.1) is 0 Å². The molecule has 3 nitrogen and oxygen atoms in total. The first-order valence-electron chi connectivity index (χ1n) is 5.78. The summed E-state index contributed by atoms with van der Waals surface area (Å²) in [6.45, 7) is 5.88. The monoisotopic (exact) mass is 239 g/mol. The van der Waals surface area contributed by atoms with Gasteiger partial charge in [-0.05, 0) is 44.0 Å². The zero-order valence-corrected chi connectivity index (χ0v) is 10.4. The minimum Gasteiger partial charge on any atom is -0.486 e. The van der Waals surface area contributed by atoms with Crippen LogP contribution in [0.5, 0.6) is 11.5 Å². The molecule has 1 aromatic carbocycles. The van der Waals surface area contributed by atoms with Crippen LogP contribution in [0, 0.1) is 0 Å². The van der Waals surface area contributed by atoms with Crippen LogP contribution >= 0.6 is 0 Å². The number of ether oxygens (including phenoxy) is 2. The van der Waals surface area contributed by atoms with E-state index < -0.39 is 5.67 Å². The summed E-state index contributed by atoms with van der Waals surface area (Å²) < 4.78 is 25.1. The molecular weight excluding hydrogens is 221 g/mol. The molecule has 2 rings (SSSR count). The molecule has 0 aliphatic carbocycles. The second-order valence-electron chi connectivity index (χ2n) is 4.84. The molecule has 1 aliphatic rings. The third-order valence-electron chi connectivity index (χ3n) is 2.85. The summed E-state index contributed by atoms with van der Waals surface area (Å²) in [5.74, 6) is 1.25. The minimum atomic E-state index is -1.45. The van der Waals surface area contributed by atoms with Crippen molar-refractivity contribution in [1.82, 2.24) is 0 Å². The first-order valence-corrected chi connectivity index (χ1v) is 5.78. The summed E-state index contributed by atoms with van der Waals surface area (Å²) in [6, 6.07) is 3.25. The number of nitrogens with two attached hydrogens (primary N) is 1. The van der Waals surface area contributed by atoms with Gasteiger partial charge in [-0.1, -0.05) is 0 Å². The van der Waals surface area contributed by atoms with Gasteiger partial charge in [-0.3, -0.25) is 0 Å². The van der Waals surface area contributed by atoms with E-state index in [2.05, 4.69) is 0 Å². The Morgan fingerprint density at radius 2 is 1.76 bits per heavy atom. The molecule has 1 unspecified atom stereocenters. The van der Waals surface area contributed by atoms with Gasteiger partial charge in [0, 0.05) is 6.04 Å². The minimum absolute atomic E-state index is 0.240. The molecule has 0 radical (unpaired) electrons. The predicted molar refractivity (Wildman–Crippen MR) is 64.2 cm³/mol. The van der Waals surface area contributed by atoms with Crippen molar-refractivity contribution < 1.29 is 13.9 Å². The fourth-order valence-electron chi connectivity index (χ4n) is 2.00. The molecule has 0 amide bonds. The van der Waals surface area contributed by atoms with Gasteiger partial charge in [0.15, 0.2) is 11.5 Å². The lowest BCUT2D eigenvalue weighted by Crippen LogP contribution is -2.21. The molecule has 0 saturated heterocycles. The Kier molecular flexibility index (Phi) is 3.00. The lowest BCUT2D eigenvalue weighted by molar-refractivity contribution is 0.168. The Balaban J connectivity index is 2.56. The normalized spacial score (nSPS) is 16.8. The van der Waals surface area contributed by atoms with Crippen LogP contribution in [0.4, 0.5) is 4.39 Å². The number of hydrogen-bond donors (Lipinski definition) is 1. The highest BCUT2D eigenvalue weighted by Crippen LogP contribution is 2.40. The molecule has 1 heterocycles. The van der Waals surface area contributed by atoms with E-state index in [0.717, 1.165) is 5.56 Å². The van der Waals surface area contributed by atoms with E-state index in [9.17, 15) is 4.39 Å². The number of benzene rings is 1. The van der Waals surface area contributed by atoms with Crippen LogP contribution in [-0.2, 0) is 5.67 Å². The maximum absolute atomic E-state index is 14.2. The first-order chi connectivity index (χ1) is 7.89. The molecule has 0 spiro atoms. The van der Waals surface area contributed by atoms with Gasteiger partial charge < -0.3 is 15.2 Å². The molecule has 1 atom stereocenters. The standard InChI is InChI=1S/C13H18FNO2/c1-8(15)9-6-11-12(17-5-4-16-11)7-10(9)13(2,3)14/h6-8H,4-5,15H2,1-3H3. The third-order valence-corrected chi connectivity index (χ3v) is 2.85. The number of rotatable bonds is 2. The van der Waals surface area contributed by atoms with Crippen LogP contribution in [0.15, 0.2) is 12.1 Å². The Hall–Kier alpha value is -1.29. The summed E-state index contributed by atoms with van der Waals surface area (Å²) >= 11 is 0. The molecular formula is C13H18FNO2. The van der Waals surface area contributed by atoms with Gasteiger partial charge in [-0.15, -0.1) is 0 Å². The third kappa shape index (κ3) is 2.36. The quantitative estimate of drug-likeness (QED) is 0.863. The lowest BCUT2D eigenvalue weighted by Gasteiger charge is -2.26. The van der Waals surface area contributed by atoms with Gasteiger partial charge in [-0.25, -0.2) is 4.39 Å². The average molecular weight is 239 g/mol. The lowest BCUT2D eigenvalue weighted by atomic mass is 9.91. The van der Waals surface area contributed by atoms with Crippen LogP contribution in [0.2, 0.25) is 0 Å². The van der Waals surface area contributed by atoms with Crippen LogP contribution in [0.1, 0.15) is 37.9 Å². The number of halogens is 1. The fraction of sp³-hybridized carbons (Fsp3) is 0.538. The van der Waals surface area contributed by atoms with Crippen molar-refractivity contribution in [1.29, 1.82) is 0 Å². The summed E-state index contributed by atoms with van der Waals surface area (Å²) in [7, 11) is 0. The van der Waals surface area contributed by atoms with E-state index in [1.54, 1.807) is 12.1 Å². The van der Waals surface area contributed by atoms with E-state index in [4.69, 9.17) is 15.2 Å². The summed E-state index contributed by atoms with van der Waals surface area (Å²) in [6.07, 6.45) is 0. The smallest absolute Gasteiger partial charge is 0.161 e. The molecule has 0 aromatic heterocycles. The largest absolute Gasteiger partial charge is 0.486 e. The maximum Gasteiger partial charge on any atom is 0.161 e. The van der Waals surface area contributed by atoms with E-state index >= 15 is 0 Å². The molecule has 0 fully saturated rings. The van der Waals surface area contributed by atoms with Crippen molar-refractivity contribution in [2.45, 2.75) is 32.5 Å². The molecule has 17 heavy (non-hydrogen) atoms. The van der Waals surface area contributed by atoms with E-state index in [0.29, 0.717) is 30.3 Å². The fourth-order valence-corrected chi connectivity index (χ4v) is 2.00. The molecule has 2 N–H and O–H groups in total. The summed E-state index contributed by atoms with van der Waals surface area (Å²) in [5.41, 5.74) is 5.77. The zero-order valence-electron chi connectivity index (χ0n) is 10.4. The Morgan fingerprint density at radius 3 is 2.24 bits per heavy atom. The highest BCUT2D eigenvalue weighted by molar-refractivity contribution is 5.50.